The van der Waals surface area contributed by atoms with Gasteiger partial charge in [-0.3, -0.25) is 4.79 Å². The number of carbonyl (C=O) groups is 1. The summed E-state index contributed by atoms with van der Waals surface area (Å²) in [5.41, 5.74) is 2.65. The lowest BCUT2D eigenvalue weighted by molar-refractivity contribution is 0.0231. The Kier molecular flexibility index (Phi) is 4.25. The van der Waals surface area contributed by atoms with Gasteiger partial charge in [0.2, 0.25) is 5.13 Å². The standard InChI is InChI=1S/C21H21N3O2S2/c1-13-10-15-16(25)12-21(26-17(15)11-14(13)2)5-7-24(8-6-21)20-23-22-19(28-20)18-4-3-9-27-18/h3-4,9-11H,5-8,12H2,1-2H3. The fraction of sp³-hybridized carbons (Fsp3) is 0.381. The van der Waals surface area contributed by atoms with Crippen molar-refractivity contribution in [2.45, 2.75) is 38.7 Å². The summed E-state index contributed by atoms with van der Waals surface area (Å²) in [5.74, 6) is 0.956. The van der Waals surface area contributed by atoms with Gasteiger partial charge in [0, 0.05) is 25.9 Å². The number of benzene rings is 1. The van der Waals surface area contributed by atoms with Crippen LogP contribution >= 0.6 is 22.7 Å². The van der Waals surface area contributed by atoms with Gasteiger partial charge in [-0.15, -0.1) is 21.5 Å². The smallest absolute Gasteiger partial charge is 0.208 e. The number of carbonyl (C=O) groups excluding carboxylic acids is 1. The summed E-state index contributed by atoms with van der Waals surface area (Å²) in [5, 5.41) is 12.7. The van der Waals surface area contributed by atoms with Crippen LogP contribution in [0.3, 0.4) is 0 Å². The molecule has 2 aliphatic heterocycles. The highest BCUT2D eigenvalue weighted by Gasteiger charge is 2.43. The van der Waals surface area contributed by atoms with E-state index in [-0.39, 0.29) is 11.4 Å². The molecule has 2 aromatic heterocycles. The monoisotopic (exact) mass is 411 g/mol. The van der Waals surface area contributed by atoms with E-state index in [0.29, 0.717) is 6.42 Å². The lowest BCUT2D eigenvalue weighted by Gasteiger charge is -2.44. The first kappa shape index (κ1) is 17.8. The average Bonchev–Trinajstić information content (AvgIpc) is 3.36. The first-order valence-corrected chi connectivity index (χ1v) is 11.2. The van der Waals surface area contributed by atoms with Crippen LogP contribution in [0.1, 0.15) is 40.7 Å². The first-order valence-electron chi connectivity index (χ1n) is 9.49. The number of fused-ring (bicyclic) bond motifs is 1. The predicted molar refractivity (Wildman–Crippen MR) is 113 cm³/mol. The Labute approximate surface area is 172 Å². The molecule has 0 bridgehead atoms. The molecular formula is C21H21N3O2S2. The summed E-state index contributed by atoms with van der Waals surface area (Å²) < 4.78 is 6.44. The number of thiophene rings is 1. The number of hydrogen-bond acceptors (Lipinski definition) is 7. The van der Waals surface area contributed by atoms with E-state index in [1.54, 1.807) is 22.7 Å². The second-order valence-corrected chi connectivity index (χ2v) is 9.58. The molecule has 5 nitrogen and oxygen atoms in total. The molecule has 5 rings (SSSR count). The fourth-order valence-corrected chi connectivity index (χ4v) is 5.67. The lowest BCUT2D eigenvalue weighted by Crippen LogP contribution is -2.51. The molecule has 1 saturated heterocycles. The Balaban J connectivity index is 1.33. The molecule has 28 heavy (non-hydrogen) atoms. The van der Waals surface area contributed by atoms with Gasteiger partial charge in [-0.25, -0.2) is 0 Å². The molecule has 0 atom stereocenters. The minimum atomic E-state index is -0.385. The van der Waals surface area contributed by atoms with Crippen molar-refractivity contribution in [3.63, 3.8) is 0 Å². The minimum Gasteiger partial charge on any atom is -0.486 e. The quantitative estimate of drug-likeness (QED) is 0.601. The van der Waals surface area contributed by atoms with Crippen molar-refractivity contribution in [3.05, 3.63) is 46.3 Å². The SMILES string of the molecule is Cc1cc2c(cc1C)C(=O)CC1(CCN(c3nnc(-c4cccs4)s3)CC1)O2. The van der Waals surface area contributed by atoms with E-state index in [1.807, 2.05) is 25.1 Å². The van der Waals surface area contributed by atoms with Gasteiger partial charge in [0.25, 0.3) is 0 Å². The normalized spacial score (nSPS) is 18.2. The molecule has 2 aliphatic rings. The van der Waals surface area contributed by atoms with Crippen molar-refractivity contribution in [1.29, 1.82) is 0 Å². The molecule has 1 aromatic carbocycles. The topological polar surface area (TPSA) is 55.3 Å². The van der Waals surface area contributed by atoms with Crippen molar-refractivity contribution < 1.29 is 9.53 Å². The van der Waals surface area contributed by atoms with E-state index < -0.39 is 0 Å². The number of Topliss-reactive ketones (excluding diaryl/α,β-unsaturated/α-hetero) is 1. The number of aryl methyl sites for hydroxylation is 2. The molecular weight excluding hydrogens is 390 g/mol. The van der Waals surface area contributed by atoms with Gasteiger partial charge in [-0.2, -0.15) is 0 Å². The van der Waals surface area contributed by atoms with Crippen molar-refractivity contribution in [1.82, 2.24) is 10.2 Å². The zero-order valence-corrected chi connectivity index (χ0v) is 17.5. The summed E-state index contributed by atoms with van der Waals surface area (Å²) in [6.07, 6.45) is 2.10. The number of hydrogen-bond donors (Lipinski definition) is 0. The number of piperidine rings is 1. The Morgan fingerprint density at radius 1 is 1.14 bits per heavy atom. The number of nitrogens with zero attached hydrogens (tertiary/aromatic N) is 3. The van der Waals surface area contributed by atoms with Crippen LogP contribution < -0.4 is 9.64 Å². The van der Waals surface area contributed by atoms with E-state index >= 15 is 0 Å². The maximum atomic E-state index is 12.8. The second kappa shape index (κ2) is 6.67. The highest BCUT2D eigenvalue weighted by atomic mass is 32.1. The van der Waals surface area contributed by atoms with Gasteiger partial charge in [0.05, 0.1) is 16.9 Å². The molecule has 0 amide bonds. The Morgan fingerprint density at radius 2 is 1.93 bits per heavy atom. The zero-order chi connectivity index (χ0) is 19.3. The molecule has 0 unspecified atom stereocenters. The maximum absolute atomic E-state index is 12.8. The van der Waals surface area contributed by atoms with Crippen LogP contribution in [0.4, 0.5) is 5.13 Å². The summed E-state index contributed by atoms with van der Waals surface area (Å²) in [6, 6.07) is 8.10. The Morgan fingerprint density at radius 3 is 2.68 bits per heavy atom. The van der Waals surface area contributed by atoms with Crippen molar-refractivity contribution in [2.75, 3.05) is 18.0 Å². The van der Waals surface area contributed by atoms with E-state index in [1.165, 1.54) is 0 Å². The summed E-state index contributed by atoms with van der Waals surface area (Å²) in [6.45, 7) is 5.76. The number of aromatic nitrogens is 2. The zero-order valence-electron chi connectivity index (χ0n) is 15.9. The van der Waals surface area contributed by atoms with E-state index in [2.05, 4.69) is 33.5 Å². The summed E-state index contributed by atoms with van der Waals surface area (Å²) in [4.78, 5) is 16.2. The molecule has 0 radical (unpaired) electrons. The van der Waals surface area contributed by atoms with Gasteiger partial charge in [0.15, 0.2) is 10.8 Å². The van der Waals surface area contributed by atoms with E-state index in [4.69, 9.17) is 4.74 Å². The van der Waals surface area contributed by atoms with Gasteiger partial charge in [-0.1, -0.05) is 17.4 Å². The molecule has 0 N–H and O–H groups in total. The molecule has 1 spiro atoms. The molecule has 144 valence electrons. The van der Waals surface area contributed by atoms with Crippen molar-refractivity contribution in [3.8, 4) is 15.6 Å². The number of ether oxygens (including phenoxy) is 1. The van der Waals surface area contributed by atoms with Crippen LogP contribution in [0.15, 0.2) is 29.6 Å². The molecule has 4 heterocycles. The summed E-state index contributed by atoms with van der Waals surface area (Å²) >= 11 is 3.31. The number of rotatable bonds is 2. The predicted octanol–water partition coefficient (Wildman–Crippen LogP) is 4.89. The third-order valence-corrected chi connectivity index (χ3v) is 7.82. The number of ketones is 1. The molecule has 0 saturated carbocycles. The molecule has 1 fully saturated rings. The minimum absolute atomic E-state index is 0.202. The van der Waals surface area contributed by atoms with Crippen LogP contribution in [-0.4, -0.2) is 34.7 Å². The van der Waals surface area contributed by atoms with Crippen LogP contribution in [0.25, 0.3) is 9.88 Å². The van der Waals surface area contributed by atoms with Gasteiger partial charge in [0.1, 0.15) is 11.4 Å². The first-order chi connectivity index (χ1) is 13.5. The fourth-order valence-electron chi connectivity index (χ4n) is 3.98. The Bertz CT molecular complexity index is 1030. The Hall–Kier alpha value is -2.25. The number of anilines is 1. The molecule has 7 heteroatoms. The van der Waals surface area contributed by atoms with Crippen LogP contribution in [0.5, 0.6) is 5.75 Å². The molecule has 0 aliphatic carbocycles. The average molecular weight is 412 g/mol. The molecule has 3 aromatic rings. The van der Waals surface area contributed by atoms with Gasteiger partial charge >= 0.3 is 0 Å². The third-order valence-electron chi connectivity index (χ3n) is 5.80. The van der Waals surface area contributed by atoms with Gasteiger partial charge < -0.3 is 9.64 Å². The lowest BCUT2D eigenvalue weighted by atomic mass is 9.82. The van der Waals surface area contributed by atoms with Crippen molar-refractivity contribution in [2.24, 2.45) is 0 Å². The second-order valence-electron chi connectivity index (χ2n) is 7.67. The van der Waals surface area contributed by atoms with E-state index in [9.17, 15) is 4.79 Å². The summed E-state index contributed by atoms with van der Waals surface area (Å²) in [7, 11) is 0. The van der Waals surface area contributed by atoms with Crippen LogP contribution in [0, 0.1) is 13.8 Å². The maximum Gasteiger partial charge on any atom is 0.208 e. The van der Waals surface area contributed by atoms with E-state index in [0.717, 1.165) is 63.4 Å². The largest absolute Gasteiger partial charge is 0.486 e. The van der Waals surface area contributed by atoms with Crippen molar-refractivity contribution >= 4 is 33.6 Å². The van der Waals surface area contributed by atoms with Crippen LogP contribution in [-0.2, 0) is 0 Å². The van der Waals surface area contributed by atoms with Crippen LogP contribution in [0.2, 0.25) is 0 Å². The van der Waals surface area contributed by atoms with Gasteiger partial charge in [-0.05, 0) is 48.6 Å². The highest BCUT2D eigenvalue weighted by Crippen LogP contribution is 2.41. The third kappa shape index (κ3) is 3.02. The highest BCUT2D eigenvalue weighted by molar-refractivity contribution is 7.22.